The van der Waals surface area contributed by atoms with Crippen LogP contribution in [0.2, 0.25) is 0 Å². The van der Waals surface area contributed by atoms with Crippen LogP contribution in [-0.2, 0) is 0 Å². The van der Waals surface area contributed by atoms with E-state index in [9.17, 15) is 0 Å². The predicted octanol–water partition coefficient (Wildman–Crippen LogP) is 4.49. The monoisotopic (exact) mass is 158 g/mol. The second-order valence-electron chi connectivity index (χ2n) is 4.52. The van der Waals surface area contributed by atoms with E-state index in [-0.39, 0.29) is 0 Å². The maximum Gasteiger partial charge on any atom is -0.0360 e. The van der Waals surface area contributed by atoms with Crippen molar-refractivity contribution in [3.8, 4) is 0 Å². The van der Waals surface area contributed by atoms with Crippen molar-refractivity contribution < 1.29 is 0 Å². The summed E-state index contributed by atoms with van der Waals surface area (Å²) in [6, 6.07) is 0. The van der Waals surface area contributed by atoms with Gasteiger partial charge in [0.1, 0.15) is 0 Å². The molecule has 0 bridgehead atoms. The molecule has 0 atom stereocenters. The second kappa shape index (κ2) is 6.69. The van der Waals surface area contributed by atoms with Crippen LogP contribution in [0.4, 0.5) is 0 Å². The van der Waals surface area contributed by atoms with Crippen molar-refractivity contribution in [2.45, 2.75) is 61.3 Å². The molecule has 0 rings (SSSR count). The molecule has 0 unspecified atom stereocenters. The zero-order chi connectivity index (χ0) is 9.49. The van der Waals surface area contributed by atoms with E-state index in [1.807, 2.05) is 0 Å². The van der Waals surface area contributed by atoms with Crippen LogP contribution in [0, 0.1) is 11.3 Å². The molecule has 0 amide bonds. The maximum atomic E-state index is 2.26. The van der Waals surface area contributed by atoms with E-state index in [1.165, 1.54) is 12.8 Å². The van der Waals surface area contributed by atoms with Gasteiger partial charge in [0.25, 0.3) is 0 Å². The Kier molecular flexibility index (Phi) is 8.26. The minimum Gasteiger partial charge on any atom is -0.0654 e. The first-order chi connectivity index (χ1) is 4.86. The lowest BCUT2D eigenvalue weighted by Crippen LogP contribution is -2.12. The van der Waals surface area contributed by atoms with E-state index in [0.717, 1.165) is 5.92 Å². The Labute approximate surface area is 73.4 Å². The van der Waals surface area contributed by atoms with Crippen molar-refractivity contribution in [3.63, 3.8) is 0 Å². The van der Waals surface area contributed by atoms with E-state index in [1.54, 1.807) is 0 Å². The van der Waals surface area contributed by atoms with Crippen molar-refractivity contribution in [3.05, 3.63) is 0 Å². The van der Waals surface area contributed by atoms with Crippen LogP contribution >= 0.6 is 0 Å². The van der Waals surface area contributed by atoms with E-state index >= 15 is 0 Å². The Morgan fingerprint density at radius 1 is 0.909 bits per heavy atom. The first-order valence-corrected chi connectivity index (χ1v) is 4.86. The second-order valence-corrected chi connectivity index (χ2v) is 4.52. The lowest BCUT2D eigenvalue weighted by molar-refractivity contribution is 0.283. The molecule has 0 radical (unpaired) electrons. The summed E-state index contributed by atoms with van der Waals surface area (Å²) < 4.78 is 0. The molecular formula is C11H26. The summed E-state index contributed by atoms with van der Waals surface area (Å²) in [5.41, 5.74) is 0.500. The van der Waals surface area contributed by atoms with Gasteiger partial charge >= 0.3 is 0 Å². The third-order valence-electron chi connectivity index (χ3n) is 2.23. The minimum absolute atomic E-state index is 0.500. The van der Waals surface area contributed by atoms with E-state index in [2.05, 4.69) is 48.5 Å². The van der Waals surface area contributed by atoms with Crippen LogP contribution < -0.4 is 0 Å². The number of hydrogen-bond donors (Lipinski definition) is 0. The topological polar surface area (TPSA) is 0 Å². The first-order valence-electron chi connectivity index (χ1n) is 4.86. The Morgan fingerprint density at radius 2 is 1.09 bits per heavy atom. The van der Waals surface area contributed by atoms with Gasteiger partial charge in [0, 0.05) is 0 Å². The number of unbranched alkanes of at least 4 members (excludes halogenated alkanes) is 1. The highest BCUT2D eigenvalue weighted by Crippen LogP contribution is 2.23. The van der Waals surface area contributed by atoms with Gasteiger partial charge in [-0.3, -0.25) is 0 Å². The highest BCUT2D eigenvalue weighted by molar-refractivity contribution is 4.64. The Bertz CT molecular complexity index is 62.6. The van der Waals surface area contributed by atoms with Gasteiger partial charge in [-0.25, -0.2) is 0 Å². The lowest BCUT2D eigenvalue weighted by Gasteiger charge is -2.22. The molecule has 0 saturated heterocycles. The minimum atomic E-state index is 0.500. The summed E-state index contributed by atoms with van der Waals surface area (Å²) in [6.07, 6.45) is 2.64. The lowest BCUT2D eigenvalue weighted by atomic mass is 9.84. The molecule has 0 fully saturated rings. The molecule has 0 aliphatic heterocycles. The Morgan fingerprint density at radius 3 is 1.09 bits per heavy atom. The van der Waals surface area contributed by atoms with Gasteiger partial charge in [-0.05, 0) is 11.3 Å². The maximum absolute atomic E-state index is 2.26. The summed E-state index contributed by atoms with van der Waals surface area (Å²) in [4.78, 5) is 0. The Balaban J connectivity index is 0. The van der Waals surface area contributed by atoms with Crippen molar-refractivity contribution in [2.75, 3.05) is 0 Å². The third-order valence-corrected chi connectivity index (χ3v) is 2.23. The van der Waals surface area contributed by atoms with Crippen LogP contribution in [0.25, 0.3) is 0 Å². The molecule has 0 heteroatoms. The quantitative estimate of drug-likeness (QED) is 0.527. The standard InChI is InChI=1S/C7H16.C4H10/c1-6(2)7(3,4)5;1-3-4-2/h6H,1-5H3;3-4H2,1-2H3. The third kappa shape index (κ3) is 13.1. The zero-order valence-electron chi connectivity index (χ0n) is 9.49. The number of rotatable bonds is 1. The predicted molar refractivity (Wildman–Crippen MR) is 54.9 cm³/mol. The molecule has 0 aromatic carbocycles. The molecule has 0 aromatic rings. The molecule has 0 heterocycles. The van der Waals surface area contributed by atoms with Crippen molar-refractivity contribution >= 4 is 0 Å². The molecule has 0 N–H and O–H groups in total. The summed E-state index contributed by atoms with van der Waals surface area (Å²) in [7, 11) is 0. The Hall–Kier alpha value is 0. The van der Waals surface area contributed by atoms with Crippen molar-refractivity contribution in [2.24, 2.45) is 11.3 Å². The van der Waals surface area contributed by atoms with Gasteiger partial charge in [-0.2, -0.15) is 0 Å². The van der Waals surface area contributed by atoms with Gasteiger partial charge in [0.15, 0.2) is 0 Å². The van der Waals surface area contributed by atoms with Gasteiger partial charge in [-0.1, -0.05) is 61.3 Å². The fraction of sp³-hybridized carbons (Fsp3) is 1.00. The van der Waals surface area contributed by atoms with Gasteiger partial charge < -0.3 is 0 Å². The van der Waals surface area contributed by atoms with E-state index < -0.39 is 0 Å². The van der Waals surface area contributed by atoms with Gasteiger partial charge in [-0.15, -0.1) is 0 Å². The highest BCUT2D eigenvalue weighted by atomic mass is 14.2. The summed E-state index contributed by atoms with van der Waals surface area (Å²) in [6.45, 7) is 15.6. The summed E-state index contributed by atoms with van der Waals surface area (Å²) >= 11 is 0. The molecule has 0 aliphatic rings. The van der Waals surface area contributed by atoms with Crippen LogP contribution in [0.5, 0.6) is 0 Å². The largest absolute Gasteiger partial charge is 0.0654 e. The summed E-state index contributed by atoms with van der Waals surface area (Å²) in [5.74, 6) is 0.799. The fourth-order valence-corrected chi connectivity index (χ4v) is 0. The van der Waals surface area contributed by atoms with Gasteiger partial charge in [0.05, 0.1) is 0 Å². The molecule has 11 heavy (non-hydrogen) atoms. The molecule has 0 saturated carbocycles. The summed E-state index contributed by atoms with van der Waals surface area (Å²) in [5, 5.41) is 0. The van der Waals surface area contributed by atoms with Crippen LogP contribution in [0.3, 0.4) is 0 Å². The first kappa shape index (κ1) is 13.6. The molecule has 0 nitrogen and oxygen atoms in total. The normalized spacial score (nSPS) is 10.9. The van der Waals surface area contributed by atoms with Crippen molar-refractivity contribution in [1.82, 2.24) is 0 Å². The van der Waals surface area contributed by atoms with Crippen LogP contribution in [0.1, 0.15) is 61.3 Å². The van der Waals surface area contributed by atoms with E-state index in [0.29, 0.717) is 5.41 Å². The molecular weight excluding hydrogens is 132 g/mol. The van der Waals surface area contributed by atoms with E-state index in [4.69, 9.17) is 0 Å². The zero-order valence-corrected chi connectivity index (χ0v) is 9.49. The van der Waals surface area contributed by atoms with Gasteiger partial charge in [0.2, 0.25) is 0 Å². The number of hydrogen-bond acceptors (Lipinski definition) is 0. The molecule has 0 aromatic heterocycles. The average Bonchev–Trinajstić information content (AvgIpc) is 1.87. The van der Waals surface area contributed by atoms with Crippen molar-refractivity contribution in [1.29, 1.82) is 0 Å². The fourth-order valence-electron chi connectivity index (χ4n) is 0. The highest BCUT2D eigenvalue weighted by Gasteiger charge is 2.13. The SMILES string of the molecule is CC(C)C(C)(C)C.CCCC. The average molecular weight is 158 g/mol. The smallest absolute Gasteiger partial charge is 0.0360 e. The molecule has 0 spiro atoms. The van der Waals surface area contributed by atoms with Crippen LogP contribution in [-0.4, -0.2) is 0 Å². The molecule has 70 valence electrons. The van der Waals surface area contributed by atoms with Crippen LogP contribution in [0.15, 0.2) is 0 Å². The molecule has 0 aliphatic carbocycles.